The van der Waals surface area contributed by atoms with E-state index in [1.54, 1.807) is 7.11 Å². The molecule has 0 radical (unpaired) electrons. The Balaban J connectivity index is 1.71. The lowest BCUT2D eigenvalue weighted by Crippen LogP contribution is -2.11. The molecular formula is C25H25ClN4O3S. The van der Waals surface area contributed by atoms with Crippen LogP contribution >= 0.6 is 23.4 Å². The van der Waals surface area contributed by atoms with E-state index in [9.17, 15) is 4.79 Å². The Hall–Kier alpha value is -2.94. The van der Waals surface area contributed by atoms with E-state index in [1.807, 2.05) is 60.0 Å². The van der Waals surface area contributed by atoms with Crippen LogP contribution in [0, 0.1) is 6.92 Å². The minimum atomic E-state index is -0.398. The molecule has 0 fully saturated rings. The number of carbonyl (C=O) groups excluding carboxylic acids is 1. The van der Waals surface area contributed by atoms with Crippen LogP contribution in [0.2, 0.25) is 5.02 Å². The third-order valence-electron chi connectivity index (χ3n) is 5.52. The van der Waals surface area contributed by atoms with Crippen LogP contribution < -0.4 is 0 Å². The van der Waals surface area contributed by atoms with Gasteiger partial charge in [-0.25, -0.2) is 4.79 Å². The fourth-order valence-electron chi connectivity index (χ4n) is 3.86. The lowest BCUT2D eigenvalue weighted by molar-refractivity contribution is 0.0598. The summed E-state index contributed by atoms with van der Waals surface area (Å²) >= 11 is 7.92. The van der Waals surface area contributed by atoms with Gasteiger partial charge in [-0.05, 0) is 37.1 Å². The van der Waals surface area contributed by atoms with E-state index in [1.165, 1.54) is 18.9 Å². The Morgan fingerprint density at radius 1 is 1.09 bits per heavy atom. The van der Waals surface area contributed by atoms with Crippen LogP contribution in [-0.4, -0.2) is 46.5 Å². The fraction of sp³-hybridized carbons (Fsp3) is 0.280. The molecular weight excluding hydrogens is 472 g/mol. The highest BCUT2D eigenvalue weighted by molar-refractivity contribution is 7.98. The first-order valence-corrected chi connectivity index (χ1v) is 12.2. The normalized spacial score (nSPS) is 11.2. The van der Waals surface area contributed by atoms with Crippen molar-refractivity contribution in [2.75, 3.05) is 20.8 Å². The molecule has 0 saturated heterocycles. The summed E-state index contributed by atoms with van der Waals surface area (Å²) in [5, 5.41) is 11.1. The molecule has 0 N–H and O–H groups in total. The molecule has 0 saturated carbocycles. The summed E-state index contributed by atoms with van der Waals surface area (Å²) in [6.07, 6.45) is 0.792. The SMILES string of the molecule is COCCCn1c(SCc2nc3ccccc3c(C)c2C(=O)OC)nnc1-c1ccccc1Cl. The molecule has 176 valence electrons. The Bertz CT molecular complexity index is 1330. The number of aromatic nitrogens is 4. The number of ether oxygens (including phenoxy) is 2. The molecule has 0 spiro atoms. The number of nitrogens with zero attached hydrogens (tertiary/aromatic N) is 4. The number of para-hydroxylation sites is 1. The highest BCUT2D eigenvalue weighted by atomic mass is 35.5. The zero-order valence-electron chi connectivity index (χ0n) is 19.2. The predicted octanol–water partition coefficient (Wildman–Crippen LogP) is 5.57. The number of aryl methyl sites for hydroxylation is 1. The number of hydrogen-bond acceptors (Lipinski definition) is 7. The van der Waals surface area contributed by atoms with Crippen molar-refractivity contribution in [3.05, 3.63) is 70.4 Å². The molecule has 0 unspecified atom stereocenters. The summed E-state index contributed by atoms with van der Waals surface area (Å²) < 4.78 is 12.4. The number of esters is 1. The average Bonchev–Trinajstić information content (AvgIpc) is 3.25. The van der Waals surface area contributed by atoms with Crippen LogP contribution in [0.25, 0.3) is 22.3 Å². The fourth-order valence-corrected chi connectivity index (χ4v) is 4.98. The lowest BCUT2D eigenvalue weighted by atomic mass is 10.0. The molecule has 0 atom stereocenters. The molecule has 0 amide bonds. The molecule has 34 heavy (non-hydrogen) atoms. The van der Waals surface area contributed by atoms with Crippen molar-refractivity contribution in [2.45, 2.75) is 30.8 Å². The van der Waals surface area contributed by atoms with Gasteiger partial charge in [0.05, 0.1) is 28.9 Å². The standard InChI is InChI=1S/C25H25ClN4O3S/c1-16-17-9-5-7-12-20(17)27-21(22(16)24(31)33-3)15-34-25-29-28-23(30(25)13-8-14-32-2)18-10-4-6-11-19(18)26/h4-7,9-12H,8,13-15H2,1-3H3. The van der Waals surface area contributed by atoms with Crippen molar-refractivity contribution in [1.82, 2.24) is 19.7 Å². The first-order valence-electron chi connectivity index (χ1n) is 10.8. The van der Waals surface area contributed by atoms with E-state index in [0.29, 0.717) is 41.0 Å². The third-order valence-corrected chi connectivity index (χ3v) is 6.82. The van der Waals surface area contributed by atoms with Crippen molar-refractivity contribution in [2.24, 2.45) is 0 Å². The maximum Gasteiger partial charge on any atom is 0.340 e. The van der Waals surface area contributed by atoms with Gasteiger partial charge in [0, 0.05) is 37.0 Å². The van der Waals surface area contributed by atoms with Gasteiger partial charge in [-0.2, -0.15) is 0 Å². The maximum atomic E-state index is 12.6. The van der Waals surface area contributed by atoms with Gasteiger partial charge in [0.2, 0.25) is 0 Å². The molecule has 4 rings (SSSR count). The van der Waals surface area contributed by atoms with Gasteiger partial charge >= 0.3 is 5.97 Å². The van der Waals surface area contributed by atoms with Gasteiger partial charge in [-0.1, -0.05) is 53.7 Å². The average molecular weight is 497 g/mol. The minimum Gasteiger partial charge on any atom is -0.465 e. The van der Waals surface area contributed by atoms with Crippen molar-refractivity contribution >= 4 is 40.2 Å². The predicted molar refractivity (Wildman–Crippen MR) is 134 cm³/mol. The van der Waals surface area contributed by atoms with Crippen LogP contribution in [0.15, 0.2) is 53.7 Å². The smallest absolute Gasteiger partial charge is 0.340 e. The molecule has 2 aromatic heterocycles. The molecule has 2 heterocycles. The second-order valence-corrected chi connectivity index (χ2v) is 8.99. The second-order valence-electron chi connectivity index (χ2n) is 7.64. The number of halogens is 1. The second kappa shape index (κ2) is 11.0. The molecule has 0 aliphatic carbocycles. The maximum absolute atomic E-state index is 12.6. The van der Waals surface area contributed by atoms with E-state index in [0.717, 1.165) is 33.6 Å². The Kier molecular flexibility index (Phi) is 7.82. The molecule has 0 aliphatic rings. The highest BCUT2D eigenvalue weighted by Gasteiger charge is 2.22. The van der Waals surface area contributed by atoms with Crippen molar-refractivity contribution in [1.29, 1.82) is 0 Å². The molecule has 4 aromatic rings. The topological polar surface area (TPSA) is 79.1 Å². The van der Waals surface area contributed by atoms with Crippen molar-refractivity contribution in [3.63, 3.8) is 0 Å². The number of hydrogen-bond donors (Lipinski definition) is 0. The summed E-state index contributed by atoms with van der Waals surface area (Å²) in [5.41, 5.74) is 3.65. The van der Waals surface area contributed by atoms with E-state index in [2.05, 4.69) is 10.2 Å². The van der Waals surface area contributed by atoms with Gasteiger partial charge in [-0.15, -0.1) is 10.2 Å². The van der Waals surface area contributed by atoms with Crippen molar-refractivity contribution < 1.29 is 14.3 Å². The molecule has 2 aromatic carbocycles. The largest absolute Gasteiger partial charge is 0.465 e. The minimum absolute atomic E-state index is 0.398. The quantitative estimate of drug-likeness (QED) is 0.170. The molecule has 7 nitrogen and oxygen atoms in total. The number of thioether (sulfide) groups is 1. The van der Waals surface area contributed by atoms with E-state index in [4.69, 9.17) is 26.1 Å². The van der Waals surface area contributed by atoms with Crippen LogP contribution in [0.5, 0.6) is 0 Å². The molecule has 9 heteroatoms. The summed E-state index contributed by atoms with van der Waals surface area (Å²) in [4.78, 5) is 17.4. The van der Waals surface area contributed by atoms with Crippen LogP contribution in [0.3, 0.4) is 0 Å². The monoisotopic (exact) mass is 496 g/mol. The van der Waals surface area contributed by atoms with Crippen LogP contribution in [-0.2, 0) is 21.8 Å². The number of methoxy groups -OCH3 is 2. The first-order chi connectivity index (χ1) is 16.5. The van der Waals surface area contributed by atoms with Crippen LogP contribution in [0.1, 0.15) is 28.0 Å². The van der Waals surface area contributed by atoms with Crippen molar-refractivity contribution in [3.8, 4) is 11.4 Å². The summed E-state index contributed by atoms with van der Waals surface area (Å²) in [6, 6.07) is 15.3. The van der Waals surface area contributed by atoms with E-state index < -0.39 is 5.97 Å². The number of fused-ring (bicyclic) bond motifs is 1. The van der Waals surface area contributed by atoms with Gasteiger partial charge in [-0.3, -0.25) is 4.98 Å². The van der Waals surface area contributed by atoms with E-state index >= 15 is 0 Å². The lowest BCUT2D eigenvalue weighted by Gasteiger charge is -2.14. The van der Waals surface area contributed by atoms with Gasteiger partial charge in [0.15, 0.2) is 11.0 Å². The Morgan fingerprint density at radius 2 is 1.85 bits per heavy atom. The zero-order valence-corrected chi connectivity index (χ0v) is 20.8. The number of carbonyl (C=O) groups is 1. The summed E-state index contributed by atoms with van der Waals surface area (Å²) in [5.74, 6) is 0.728. The zero-order chi connectivity index (χ0) is 24.1. The summed E-state index contributed by atoms with van der Waals surface area (Å²) in [6.45, 7) is 3.20. The highest BCUT2D eigenvalue weighted by Crippen LogP contribution is 2.32. The Morgan fingerprint density at radius 3 is 2.62 bits per heavy atom. The first kappa shape index (κ1) is 24.2. The number of benzene rings is 2. The van der Waals surface area contributed by atoms with Gasteiger partial charge in [0.25, 0.3) is 0 Å². The molecule has 0 bridgehead atoms. The molecule has 0 aliphatic heterocycles. The van der Waals surface area contributed by atoms with Gasteiger partial charge < -0.3 is 14.0 Å². The summed E-state index contributed by atoms with van der Waals surface area (Å²) in [7, 11) is 3.06. The van der Waals surface area contributed by atoms with Gasteiger partial charge in [0.1, 0.15) is 0 Å². The Labute approximate surface area is 207 Å². The number of rotatable bonds is 9. The number of pyridine rings is 1. The van der Waals surface area contributed by atoms with Crippen LogP contribution in [0.4, 0.5) is 0 Å². The third kappa shape index (κ3) is 4.94. The van der Waals surface area contributed by atoms with E-state index in [-0.39, 0.29) is 0 Å².